The second-order valence-electron chi connectivity index (χ2n) is 7.42. The van der Waals surface area contributed by atoms with Crippen molar-refractivity contribution < 1.29 is 13.2 Å². The zero-order chi connectivity index (χ0) is 20.6. The van der Waals surface area contributed by atoms with Crippen LogP contribution < -0.4 is 10.5 Å². The van der Waals surface area contributed by atoms with Gasteiger partial charge in [0.1, 0.15) is 11.6 Å². The fourth-order valence-electron chi connectivity index (χ4n) is 3.86. The summed E-state index contributed by atoms with van der Waals surface area (Å²) in [6.07, 6.45) is -1.63. The molecule has 0 unspecified atom stereocenters. The minimum atomic E-state index is -4.38. The van der Waals surface area contributed by atoms with Crippen molar-refractivity contribution >= 4 is 16.7 Å². The van der Waals surface area contributed by atoms with Gasteiger partial charge in [0.2, 0.25) is 0 Å². The average Bonchev–Trinajstić information content (AvgIpc) is 2.71. The van der Waals surface area contributed by atoms with Crippen molar-refractivity contribution in [3.05, 3.63) is 64.3 Å². The molecule has 1 fully saturated rings. The Morgan fingerprint density at radius 1 is 1.14 bits per heavy atom. The molecule has 3 heterocycles. The van der Waals surface area contributed by atoms with E-state index < -0.39 is 11.7 Å². The van der Waals surface area contributed by atoms with Crippen molar-refractivity contribution in [1.82, 2.24) is 14.5 Å². The average molecular weight is 402 g/mol. The van der Waals surface area contributed by atoms with Crippen LogP contribution in [0.1, 0.15) is 24.2 Å². The molecule has 5 nitrogen and oxygen atoms in total. The van der Waals surface area contributed by atoms with Gasteiger partial charge in [-0.25, -0.2) is 9.97 Å². The SMILES string of the molecule is Cc1nc2ccccc2c(=O)n1CC1CCN(c2cc(C(F)(F)F)ccn2)CC1. The van der Waals surface area contributed by atoms with Crippen LogP contribution in [0.15, 0.2) is 47.4 Å². The number of rotatable bonds is 3. The lowest BCUT2D eigenvalue weighted by atomic mass is 9.96. The fraction of sp³-hybridized carbons (Fsp3) is 0.381. The summed E-state index contributed by atoms with van der Waals surface area (Å²) in [5.74, 6) is 1.28. The number of hydrogen-bond donors (Lipinski definition) is 0. The predicted octanol–water partition coefficient (Wildman–Crippen LogP) is 4.04. The van der Waals surface area contributed by atoms with Crippen molar-refractivity contribution in [3.63, 3.8) is 0 Å². The van der Waals surface area contributed by atoms with E-state index in [4.69, 9.17) is 0 Å². The summed E-state index contributed by atoms with van der Waals surface area (Å²) in [5.41, 5.74) is -0.0409. The Bertz CT molecular complexity index is 1090. The standard InChI is InChI=1S/C21H21F3N4O/c1-14-26-18-5-3-2-4-17(18)20(29)28(14)13-15-7-10-27(11-8-15)19-12-16(6-9-25-19)21(22,23)24/h2-6,9,12,15H,7-8,10-11,13H2,1H3. The van der Waals surface area contributed by atoms with Crippen LogP contribution >= 0.6 is 0 Å². The zero-order valence-corrected chi connectivity index (χ0v) is 16.0. The maximum Gasteiger partial charge on any atom is 0.416 e. The number of halogens is 3. The highest BCUT2D eigenvalue weighted by Crippen LogP contribution is 2.31. The van der Waals surface area contributed by atoms with Crippen LogP contribution in [0.4, 0.5) is 19.0 Å². The quantitative estimate of drug-likeness (QED) is 0.664. The molecule has 0 amide bonds. The van der Waals surface area contributed by atoms with Crippen LogP contribution in [0, 0.1) is 12.8 Å². The van der Waals surface area contributed by atoms with E-state index in [2.05, 4.69) is 9.97 Å². The molecule has 8 heteroatoms. The van der Waals surface area contributed by atoms with E-state index in [-0.39, 0.29) is 11.5 Å². The van der Waals surface area contributed by atoms with E-state index in [9.17, 15) is 18.0 Å². The van der Waals surface area contributed by atoms with Crippen LogP contribution in [0.5, 0.6) is 0 Å². The molecule has 0 saturated carbocycles. The number of aryl methyl sites for hydroxylation is 1. The van der Waals surface area contributed by atoms with Crippen LogP contribution in [0.2, 0.25) is 0 Å². The van der Waals surface area contributed by atoms with Crippen molar-refractivity contribution in [2.75, 3.05) is 18.0 Å². The Hall–Kier alpha value is -2.90. The smallest absolute Gasteiger partial charge is 0.357 e. The van der Waals surface area contributed by atoms with Gasteiger partial charge >= 0.3 is 6.18 Å². The van der Waals surface area contributed by atoms with Crippen LogP contribution in [0.25, 0.3) is 10.9 Å². The highest BCUT2D eigenvalue weighted by molar-refractivity contribution is 5.77. The molecule has 3 aromatic rings. The number of anilines is 1. The Morgan fingerprint density at radius 2 is 1.86 bits per heavy atom. The predicted molar refractivity (Wildman–Crippen MR) is 105 cm³/mol. The van der Waals surface area contributed by atoms with Gasteiger partial charge in [-0.15, -0.1) is 0 Å². The third kappa shape index (κ3) is 3.97. The van der Waals surface area contributed by atoms with Gasteiger partial charge in [-0.2, -0.15) is 13.2 Å². The third-order valence-electron chi connectivity index (χ3n) is 5.50. The summed E-state index contributed by atoms with van der Waals surface area (Å²) in [7, 11) is 0. The maximum absolute atomic E-state index is 12.9. The van der Waals surface area contributed by atoms with Crippen molar-refractivity contribution in [1.29, 1.82) is 0 Å². The van der Waals surface area contributed by atoms with Gasteiger partial charge in [0, 0.05) is 25.8 Å². The molecular formula is C21H21F3N4O. The Kier molecular flexibility index (Phi) is 5.02. The summed E-state index contributed by atoms with van der Waals surface area (Å²) in [4.78, 5) is 23.4. The minimum Gasteiger partial charge on any atom is -0.357 e. The third-order valence-corrected chi connectivity index (χ3v) is 5.50. The van der Waals surface area contributed by atoms with E-state index in [1.807, 2.05) is 30.0 Å². The number of nitrogens with zero attached hydrogens (tertiary/aromatic N) is 4. The van der Waals surface area contributed by atoms with Gasteiger partial charge in [0.15, 0.2) is 0 Å². The molecule has 0 bridgehead atoms. The number of fused-ring (bicyclic) bond motifs is 1. The van der Waals surface area contributed by atoms with Gasteiger partial charge in [0.05, 0.1) is 16.5 Å². The van der Waals surface area contributed by atoms with Gasteiger partial charge in [-0.3, -0.25) is 9.36 Å². The molecule has 4 rings (SSSR count). The Balaban J connectivity index is 1.47. The van der Waals surface area contributed by atoms with E-state index >= 15 is 0 Å². The van der Waals surface area contributed by atoms with Crippen LogP contribution in [-0.2, 0) is 12.7 Å². The first-order chi connectivity index (χ1) is 13.8. The van der Waals surface area contributed by atoms with Crippen molar-refractivity contribution in [2.45, 2.75) is 32.5 Å². The highest BCUT2D eigenvalue weighted by Gasteiger charge is 2.31. The first-order valence-corrected chi connectivity index (χ1v) is 9.57. The minimum absolute atomic E-state index is 0.0462. The second-order valence-corrected chi connectivity index (χ2v) is 7.42. The number of benzene rings is 1. The van der Waals surface area contributed by atoms with Gasteiger partial charge < -0.3 is 4.90 Å². The molecule has 1 aromatic carbocycles. The molecule has 1 aliphatic heterocycles. The molecule has 2 aromatic heterocycles. The van der Waals surface area contributed by atoms with Gasteiger partial charge in [0.25, 0.3) is 5.56 Å². The van der Waals surface area contributed by atoms with Crippen molar-refractivity contribution in [2.24, 2.45) is 5.92 Å². The molecule has 0 aliphatic carbocycles. The molecule has 0 N–H and O–H groups in total. The molecular weight excluding hydrogens is 381 g/mol. The molecule has 0 atom stereocenters. The maximum atomic E-state index is 12.9. The van der Waals surface area contributed by atoms with Crippen LogP contribution in [0.3, 0.4) is 0 Å². The first kappa shape index (κ1) is 19.4. The van der Waals surface area contributed by atoms with Gasteiger partial charge in [-0.05, 0) is 49.9 Å². The number of pyridine rings is 1. The van der Waals surface area contributed by atoms with E-state index in [0.717, 1.165) is 25.0 Å². The zero-order valence-electron chi connectivity index (χ0n) is 16.0. The largest absolute Gasteiger partial charge is 0.416 e. The van der Waals surface area contributed by atoms with Gasteiger partial charge in [-0.1, -0.05) is 12.1 Å². The summed E-state index contributed by atoms with van der Waals surface area (Å²) >= 11 is 0. The number of para-hydroxylation sites is 1. The lowest BCUT2D eigenvalue weighted by Gasteiger charge is -2.33. The normalized spacial score (nSPS) is 15.8. The van der Waals surface area contributed by atoms with E-state index in [0.29, 0.717) is 42.2 Å². The fourth-order valence-corrected chi connectivity index (χ4v) is 3.86. The molecule has 1 saturated heterocycles. The molecule has 0 radical (unpaired) electrons. The highest BCUT2D eigenvalue weighted by atomic mass is 19.4. The summed E-state index contributed by atoms with van der Waals surface area (Å²) in [6.45, 7) is 3.60. The molecule has 1 aliphatic rings. The molecule has 0 spiro atoms. The topological polar surface area (TPSA) is 51.0 Å². The summed E-state index contributed by atoms with van der Waals surface area (Å²) in [5, 5.41) is 0.601. The van der Waals surface area contributed by atoms with Crippen molar-refractivity contribution in [3.8, 4) is 0 Å². The number of alkyl halides is 3. The summed E-state index contributed by atoms with van der Waals surface area (Å²) in [6, 6.07) is 9.37. The number of hydrogen-bond acceptors (Lipinski definition) is 4. The lowest BCUT2D eigenvalue weighted by molar-refractivity contribution is -0.137. The Labute approximate surface area is 165 Å². The lowest BCUT2D eigenvalue weighted by Crippen LogP contribution is -2.37. The first-order valence-electron chi connectivity index (χ1n) is 9.57. The van der Waals surface area contributed by atoms with E-state index in [1.54, 1.807) is 10.6 Å². The Morgan fingerprint density at radius 3 is 2.59 bits per heavy atom. The molecule has 152 valence electrons. The monoisotopic (exact) mass is 402 g/mol. The van der Waals surface area contributed by atoms with Crippen LogP contribution in [-0.4, -0.2) is 27.6 Å². The second kappa shape index (κ2) is 7.50. The number of aromatic nitrogens is 3. The van der Waals surface area contributed by atoms with E-state index in [1.165, 1.54) is 6.20 Å². The molecule has 29 heavy (non-hydrogen) atoms. The summed E-state index contributed by atoms with van der Waals surface area (Å²) < 4.78 is 40.5. The number of piperidine rings is 1.